The quantitative estimate of drug-likeness (QED) is 0.824. The maximum Gasteiger partial charge on any atom is 0.220 e. The number of aryl methyl sites for hydroxylation is 1. The Balaban J connectivity index is 1.42. The Morgan fingerprint density at radius 1 is 1.35 bits per heavy atom. The summed E-state index contributed by atoms with van der Waals surface area (Å²) in [5.74, 6) is 0.731. The van der Waals surface area contributed by atoms with E-state index in [0.29, 0.717) is 32.0 Å². The van der Waals surface area contributed by atoms with E-state index >= 15 is 0 Å². The first-order valence-corrected chi connectivity index (χ1v) is 8.55. The van der Waals surface area contributed by atoms with Crippen molar-refractivity contribution in [3.05, 3.63) is 24.3 Å². The van der Waals surface area contributed by atoms with Gasteiger partial charge in [0, 0.05) is 38.2 Å². The van der Waals surface area contributed by atoms with Crippen molar-refractivity contribution in [2.45, 2.75) is 50.7 Å². The van der Waals surface area contributed by atoms with Crippen molar-refractivity contribution in [3.8, 4) is 0 Å². The van der Waals surface area contributed by atoms with Crippen LogP contribution >= 0.6 is 0 Å². The van der Waals surface area contributed by atoms with E-state index in [2.05, 4.69) is 15.3 Å². The van der Waals surface area contributed by atoms with Crippen molar-refractivity contribution in [2.24, 2.45) is 5.92 Å². The van der Waals surface area contributed by atoms with Gasteiger partial charge in [0.15, 0.2) is 0 Å². The van der Waals surface area contributed by atoms with Crippen molar-refractivity contribution in [2.75, 3.05) is 19.8 Å². The molecule has 23 heavy (non-hydrogen) atoms. The van der Waals surface area contributed by atoms with Gasteiger partial charge in [-0.05, 0) is 31.6 Å². The summed E-state index contributed by atoms with van der Waals surface area (Å²) in [5.41, 5.74) is 0.834. The van der Waals surface area contributed by atoms with Gasteiger partial charge in [0.25, 0.3) is 0 Å². The molecule has 1 aromatic rings. The molecule has 3 rings (SSSR count). The van der Waals surface area contributed by atoms with Crippen LogP contribution in [0.25, 0.3) is 0 Å². The third kappa shape index (κ3) is 4.97. The molecule has 2 atom stereocenters. The van der Waals surface area contributed by atoms with Gasteiger partial charge in [0.2, 0.25) is 5.91 Å². The lowest BCUT2D eigenvalue weighted by Crippen LogP contribution is -2.51. The highest BCUT2D eigenvalue weighted by Gasteiger charge is 2.29. The van der Waals surface area contributed by atoms with Crippen LogP contribution in [0.2, 0.25) is 0 Å². The number of aromatic nitrogens is 2. The second-order valence-corrected chi connectivity index (χ2v) is 6.40. The van der Waals surface area contributed by atoms with Gasteiger partial charge in [-0.25, -0.2) is 0 Å². The average Bonchev–Trinajstić information content (AvgIpc) is 2.54. The van der Waals surface area contributed by atoms with Crippen molar-refractivity contribution in [1.82, 2.24) is 15.3 Å². The minimum atomic E-state index is -0.0433. The molecule has 1 saturated carbocycles. The molecular formula is C17H25N3O3. The molecule has 1 saturated heterocycles. The van der Waals surface area contributed by atoms with E-state index in [1.54, 1.807) is 18.6 Å². The molecule has 6 heteroatoms. The second-order valence-electron chi connectivity index (χ2n) is 6.40. The highest BCUT2D eigenvalue weighted by molar-refractivity contribution is 5.76. The van der Waals surface area contributed by atoms with Crippen LogP contribution in [-0.2, 0) is 20.7 Å². The molecule has 0 radical (unpaired) electrons. The lowest BCUT2D eigenvalue weighted by atomic mass is 9.86. The molecule has 1 aliphatic carbocycles. The van der Waals surface area contributed by atoms with Crippen LogP contribution in [0.3, 0.4) is 0 Å². The first-order valence-electron chi connectivity index (χ1n) is 8.55. The van der Waals surface area contributed by atoms with E-state index in [0.717, 1.165) is 18.7 Å². The zero-order chi connectivity index (χ0) is 15.9. The molecule has 1 N–H and O–H groups in total. The summed E-state index contributed by atoms with van der Waals surface area (Å²) >= 11 is 0. The molecule has 0 unspecified atom stereocenters. The Morgan fingerprint density at radius 3 is 3.00 bits per heavy atom. The molecule has 0 spiro atoms. The highest BCUT2D eigenvalue weighted by atomic mass is 16.5. The molecule has 1 aliphatic heterocycles. The Kier molecular flexibility index (Phi) is 5.93. The van der Waals surface area contributed by atoms with E-state index in [4.69, 9.17) is 9.47 Å². The summed E-state index contributed by atoms with van der Waals surface area (Å²) in [5, 5.41) is 3.06. The number of hydrogen-bond acceptors (Lipinski definition) is 5. The van der Waals surface area contributed by atoms with Gasteiger partial charge in [-0.1, -0.05) is 6.42 Å². The monoisotopic (exact) mass is 319 g/mol. The standard InChI is InChI=1S/C17H25N3O3/c21-17(5-4-14-10-18-7-8-19-14)20-15-12-22-9-6-16(15)23-11-13-2-1-3-13/h7-8,10,13,15-16H,1-6,9,11-12H2,(H,20,21)/t15-,16+/m1/s1. The summed E-state index contributed by atoms with van der Waals surface area (Å²) in [6.07, 6.45) is 10.8. The van der Waals surface area contributed by atoms with Crippen LogP contribution in [0.1, 0.15) is 37.8 Å². The normalized spacial score (nSPS) is 24.9. The molecule has 1 amide bonds. The van der Waals surface area contributed by atoms with Crippen molar-refractivity contribution in [1.29, 1.82) is 0 Å². The largest absolute Gasteiger partial charge is 0.379 e. The number of nitrogens with zero attached hydrogens (tertiary/aromatic N) is 2. The molecule has 2 aliphatic rings. The predicted octanol–water partition coefficient (Wildman–Crippen LogP) is 1.50. The van der Waals surface area contributed by atoms with Crippen molar-refractivity contribution in [3.63, 3.8) is 0 Å². The van der Waals surface area contributed by atoms with Crippen LogP contribution in [0.5, 0.6) is 0 Å². The van der Waals surface area contributed by atoms with Crippen molar-refractivity contribution < 1.29 is 14.3 Å². The Hall–Kier alpha value is -1.53. The van der Waals surface area contributed by atoms with E-state index in [9.17, 15) is 4.79 Å². The fourth-order valence-corrected chi connectivity index (χ4v) is 2.95. The first-order chi connectivity index (χ1) is 11.3. The molecule has 0 aromatic carbocycles. The molecular weight excluding hydrogens is 294 g/mol. The van der Waals surface area contributed by atoms with Gasteiger partial charge in [-0.2, -0.15) is 0 Å². The molecule has 1 aromatic heterocycles. The number of rotatable bonds is 7. The summed E-state index contributed by atoms with van der Waals surface area (Å²) in [4.78, 5) is 20.4. The number of carbonyl (C=O) groups is 1. The predicted molar refractivity (Wildman–Crippen MR) is 84.8 cm³/mol. The lowest BCUT2D eigenvalue weighted by Gasteiger charge is -2.34. The van der Waals surface area contributed by atoms with Crippen molar-refractivity contribution >= 4 is 5.91 Å². The molecule has 2 heterocycles. The molecule has 6 nitrogen and oxygen atoms in total. The maximum atomic E-state index is 12.2. The van der Waals surface area contributed by atoms with Gasteiger partial charge in [-0.15, -0.1) is 0 Å². The summed E-state index contributed by atoms with van der Waals surface area (Å²) in [6, 6.07) is -0.0433. The third-order valence-corrected chi connectivity index (χ3v) is 4.63. The number of ether oxygens (including phenoxy) is 2. The number of hydrogen-bond donors (Lipinski definition) is 1. The van der Waals surface area contributed by atoms with Gasteiger partial charge >= 0.3 is 0 Å². The fourth-order valence-electron chi connectivity index (χ4n) is 2.95. The fraction of sp³-hybridized carbons (Fsp3) is 0.706. The van der Waals surface area contributed by atoms with Gasteiger partial charge in [0.05, 0.1) is 24.4 Å². The van der Waals surface area contributed by atoms with Gasteiger partial charge < -0.3 is 14.8 Å². The topological polar surface area (TPSA) is 73.3 Å². The Morgan fingerprint density at radius 2 is 2.26 bits per heavy atom. The SMILES string of the molecule is O=C(CCc1cnccn1)N[C@@H]1COCC[C@@H]1OCC1CCC1. The minimum Gasteiger partial charge on any atom is -0.379 e. The van der Waals surface area contributed by atoms with Crippen LogP contribution in [0.4, 0.5) is 0 Å². The molecule has 126 valence electrons. The summed E-state index contributed by atoms with van der Waals surface area (Å²) < 4.78 is 11.6. The number of nitrogens with one attached hydrogen (secondary N) is 1. The number of carbonyl (C=O) groups excluding carboxylic acids is 1. The summed E-state index contributed by atoms with van der Waals surface area (Å²) in [6.45, 7) is 2.06. The van der Waals surface area contributed by atoms with Gasteiger partial charge in [-0.3, -0.25) is 14.8 Å². The highest BCUT2D eigenvalue weighted by Crippen LogP contribution is 2.27. The Bertz CT molecular complexity index is 493. The van der Waals surface area contributed by atoms with Crippen LogP contribution < -0.4 is 5.32 Å². The first kappa shape index (κ1) is 16.3. The minimum absolute atomic E-state index is 0.0170. The maximum absolute atomic E-state index is 12.2. The van der Waals surface area contributed by atoms with E-state index in [1.807, 2.05) is 0 Å². The third-order valence-electron chi connectivity index (χ3n) is 4.63. The zero-order valence-corrected chi connectivity index (χ0v) is 13.4. The van der Waals surface area contributed by atoms with Crippen LogP contribution in [0, 0.1) is 5.92 Å². The number of amides is 1. The molecule has 2 fully saturated rings. The van der Waals surface area contributed by atoms with E-state index < -0.39 is 0 Å². The van der Waals surface area contributed by atoms with Gasteiger partial charge in [0.1, 0.15) is 0 Å². The van der Waals surface area contributed by atoms with Crippen LogP contribution in [-0.4, -0.2) is 47.8 Å². The molecule has 0 bridgehead atoms. The summed E-state index contributed by atoms with van der Waals surface area (Å²) in [7, 11) is 0. The lowest BCUT2D eigenvalue weighted by molar-refractivity contribution is -0.127. The second kappa shape index (κ2) is 8.36. The van der Waals surface area contributed by atoms with Crippen LogP contribution in [0.15, 0.2) is 18.6 Å². The smallest absolute Gasteiger partial charge is 0.220 e. The van der Waals surface area contributed by atoms with E-state index in [-0.39, 0.29) is 18.1 Å². The zero-order valence-electron chi connectivity index (χ0n) is 13.4. The average molecular weight is 319 g/mol. The van der Waals surface area contributed by atoms with E-state index in [1.165, 1.54) is 19.3 Å². The Labute approximate surface area is 137 Å².